The van der Waals surface area contributed by atoms with E-state index < -0.39 is 0 Å². The average molecular weight is 204 g/mol. The van der Waals surface area contributed by atoms with Crippen LogP contribution >= 0.6 is 0 Å². The van der Waals surface area contributed by atoms with Crippen molar-refractivity contribution < 1.29 is 0 Å². The monoisotopic (exact) mass is 204 g/mol. The van der Waals surface area contributed by atoms with Gasteiger partial charge in [-0.05, 0) is 31.5 Å². The van der Waals surface area contributed by atoms with Crippen LogP contribution in [-0.2, 0) is 6.42 Å². The molecule has 1 aliphatic heterocycles. The molecule has 0 radical (unpaired) electrons. The molecule has 1 saturated heterocycles. The van der Waals surface area contributed by atoms with Gasteiger partial charge in [0.25, 0.3) is 0 Å². The third-order valence-corrected chi connectivity index (χ3v) is 3.04. The first-order chi connectivity index (χ1) is 7.15. The van der Waals surface area contributed by atoms with E-state index in [4.69, 9.17) is 5.73 Å². The molecular weight excluding hydrogens is 184 g/mol. The van der Waals surface area contributed by atoms with Crippen LogP contribution in [0.1, 0.15) is 24.0 Å². The lowest BCUT2D eigenvalue weighted by Gasteiger charge is -2.36. The van der Waals surface area contributed by atoms with Crippen LogP contribution in [0.15, 0.2) is 24.3 Å². The number of likely N-dealkylation sites (N-methyl/N-ethyl adjacent to an activating group) is 1. The van der Waals surface area contributed by atoms with Gasteiger partial charge in [-0.2, -0.15) is 0 Å². The maximum atomic E-state index is 5.81. The third-order valence-electron chi connectivity index (χ3n) is 3.04. The summed E-state index contributed by atoms with van der Waals surface area (Å²) >= 11 is 0. The normalized spacial score (nSPS) is 19.9. The Kier molecular flexibility index (Phi) is 3.08. The molecule has 0 aromatic heterocycles. The Morgan fingerprint density at radius 2 is 2.20 bits per heavy atom. The summed E-state index contributed by atoms with van der Waals surface area (Å²) in [6, 6.07) is 9.15. The molecule has 2 rings (SSSR count). The quantitative estimate of drug-likeness (QED) is 0.810. The maximum absolute atomic E-state index is 5.81. The van der Waals surface area contributed by atoms with Crippen LogP contribution in [0.4, 0.5) is 0 Å². The van der Waals surface area contributed by atoms with E-state index in [1.165, 1.54) is 24.2 Å². The number of rotatable bonds is 3. The first kappa shape index (κ1) is 10.7. The Morgan fingerprint density at radius 3 is 2.80 bits per heavy atom. The molecule has 1 unspecified atom stereocenters. The summed E-state index contributed by atoms with van der Waals surface area (Å²) in [7, 11) is 2.17. The van der Waals surface area contributed by atoms with Crippen molar-refractivity contribution in [3.05, 3.63) is 35.4 Å². The Hall–Kier alpha value is -0.860. The summed E-state index contributed by atoms with van der Waals surface area (Å²) in [6.45, 7) is 4.45. The van der Waals surface area contributed by atoms with Crippen molar-refractivity contribution in [2.45, 2.75) is 25.3 Å². The van der Waals surface area contributed by atoms with Crippen LogP contribution in [0, 0.1) is 0 Å². The van der Waals surface area contributed by atoms with Crippen LogP contribution in [0.3, 0.4) is 0 Å². The second kappa shape index (κ2) is 4.33. The fourth-order valence-electron chi connectivity index (χ4n) is 2.26. The number of hydrogen-bond donors (Lipinski definition) is 1. The number of nitrogens with two attached hydrogens (primary N) is 1. The SMILES string of the molecule is CC(N)Cc1cccc(C2CN(C)C2)c1. The first-order valence-electron chi connectivity index (χ1n) is 5.68. The minimum absolute atomic E-state index is 0.254. The van der Waals surface area contributed by atoms with Gasteiger partial charge in [0, 0.05) is 25.0 Å². The summed E-state index contributed by atoms with van der Waals surface area (Å²) in [5.74, 6) is 0.739. The third kappa shape index (κ3) is 2.58. The molecule has 0 spiro atoms. The highest BCUT2D eigenvalue weighted by molar-refractivity contribution is 5.29. The predicted octanol–water partition coefficient (Wildman–Crippen LogP) is 1.61. The lowest BCUT2D eigenvalue weighted by molar-refractivity contribution is 0.189. The van der Waals surface area contributed by atoms with Gasteiger partial charge >= 0.3 is 0 Å². The van der Waals surface area contributed by atoms with Gasteiger partial charge in [0.2, 0.25) is 0 Å². The standard InChI is InChI=1S/C13H20N2/c1-10(14)6-11-4-3-5-12(7-11)13-8-15(2)9-13/h3-5,7,10,13H,6,8-9,14H2,1-2H3. The molecule has 0 saturated carbocycles. The van der Waals surface area contributed by atoms with Crippen molar-refractivity contribution in [2.24, 2.45) is 5.73 Å². The highest BCUT2D eigenvalue weighted by Gasteiger charge is 2.24. The van der Waals surface area contributed by atoms with Crippen molar-refractivity contribution in [1.82, 2.24) is 4.90 Å². The first-order valence-corrected chi connectivity index (χ1v) is 5.68. The molecular formula is C13H20N2. The topological polar surface area (TPSA) is 29.3 Å². The van der Waals surface area contributed by atoms with Gasteiger partial charge in [0.05, 0.1) is 0 Å². The summed E-state index contributed by atoms with van der Waals surface area (Å²) in [4.78, 5) is 2.35. The van der Waals surface area contributed by atoms with Crippen molar-refractivity contribution >= 4 is 0 Å². The van der Waals surface area contributed by atoms with Crippen LogP contribution in [0.5, 0.6) is 0 Å². The lowest BCUT2D eigenvalue weighted by atomic mass is 9.90. The minimum Gasteiger partial charge on any atom is -0.328 e. The molecule has 1 atom stereocenters. The zero-order valence-electron chi connectivity index (χ0n) is 9.61. The smallest absolute Gasteiger partial charge is 0.00934 e. The van der Waals surface area contributed by atoms with Crippen molar-refractivity contribution in [3.63, 3.8) is 0 Å². The second-order valence-corrected chi connectivity index (χ2v) is 4.84. The molecule has 1 fully saturated rings. The van der Waals surface area contributed by atoms with Gasteiger partial charge in [-0.3, -0.25) is 0 Å². The molecule has 2 N–H and O–H groups in total. The second-order valence-electron chi connectivity index (χ2n) is 4.84. The van der Waals surface area contributed by atoms with E-state index in [1.54, 1.807) is 0 Å². The zero-order valence-corrected chi connectivity index (χ0v) is 9.61. The van der Waals surface area contributed by atoms with Gasteiger partial charge in [-0.1, -0.05) is 24.3 Å². The minimum atomic E-state index is 0.254. The van der Waals surface area contributed by atoms with Crippen LogP contribution in [0.25, 0.3) is 0 Å². The summed E-state index contributed by atoms with van der Waals surface area (Å²) in [5.41, 5.74) is 8.66. The zero-order chi connectivity index (χ0) is 10.8. The van der Waals surface area contributed by atoms with E-state index >= 15 is 0 Å². The molecule has 0 bridgehead atoms. The van der Waals surface area contributed by atoms with Gasteiger partial charge in [0.1, 0.15) is 0 Å². The Morgan fingerprint density at radius 1 is 1.47 bits per heavy atom. The molecule has 0 aliphatic carbocycles. The Labute approximate surface area is 92.1 Å². The lowest BCUT2D eigenvalue weighted by Crippen LogP contribution is -2.41. The number of hydrogen-bond acceptors (Lipinski definition) is 2. The predicted molar refractivity (Wildman–Crippen MR) is 64.0 cm³/mol. The van der Waals surface area contributed by atoms with E-state index in [0.29, 0.717) is 0 Å². The van der Waals surface area contributed by atoms with Crippen LogP contribution in [0.2, 0.25) is 0 Å². The molecule has 1 aromatic rings. The highest BCUT2D eigenvalue weighted by Crippen LogP contribution is 2.26. The molecule has 2 heteroatoms. The average Bonchev–Trinajstić information content (AvgIpc) is 2.12. The van der Waals surface area contributed by atoms with Gasteiger partial charge in [-0.15, -0.1) is 0 Å². The summed E-state index contributed by atoms with van der Waals surface area (Å²) < 4.78 is 0. The molecule has 1 aliphatic rings. The fourth-order valence-corrected chi connectivity index (χ4v) is 2.26. The molecule has 1 heterocycles. The molecule has 0 amide bonds. The van der Waals surface area contributed by atoms with E-state index in [0.717, 1.165) is 12.3 Å². The van der Waals surface area contributed by atoms with Crippen LogP contribution in [-0.4, -0.2) is 31.1 Å². The maximum Gasteiger partial charge on any atom is 0.00934 e. The van der Waals surface area contributed by atoms with Crippen molar-refractivity contribution in [1.29, 1.82) is 0 Å². The largest absolute Gasteiger partial charge is 0.328 e. The van der Waals surface area contributed by atoms with E-state index in [9.17, 15) is 0 Å². The Bertz CT molecular complexity index is 327. The summed E-state index contributed by atoms with van der Waals surface area (Å²) in [6.07, 6.45) is 0.983. The Balaban J connectivity index is 2.06. The van der Waals surface area contributed by atoms with Crippen LogP contribution < -0.4 is 5.73 Å². The number of likely N-dealkylation sites (tertiary alicyclic amines) is 1. The molecule has 2 nitrogen and oxygen atoms in total. The molecule has 15 heavy (non-hydrogen) atoms. The van der Waals surface area contributed by atoms with Gasteiger partial charge in [0.15, 0.2) is 0 Å². The van der Waals surface area contributed by atoms with Gasteiger partial charge in [-0.25, -0.2) is 0 Å². The molecule has 1 aromatic carbocycles. The van der Waals surface area contributed by atoms with Crippen molar-refractivity contribution in [2.75, 3.05) is 20.1 Å². The number of benzene rings is 1. The van der Waals surface area contributed by atoms with Gasteiger partial charge < -0.3 is 10.6 Å². The molecule has 82 valence electrons. The van der Waals surface area contributed by atoms with E-state index in [2.05, 4.69) is 43.1 Å². The highest BCUT2D eigenvalue weighted by atomic mass is 15.2. The van der Waals surface area contributed by atoms with E-state index in [-0.39, 0.29) is 6.04 Å². The summed E-state index contributed by atoms with van der Waals surface area (Å²) in [5, 5.41) is 0. The number of nitrogens with zero attached hydrogens (tertiary/aromatic N) is 1. The van der Waals surface area contributed by atoms with Crippen molar-refractivity contribution in [3.8, 4) is 0 Å². The van der Waals surface area contributed by atoms with E-state index in [1.807, 2.05) is 0 Å². The fraction of sp³-hybridized carbons (Fsp3) is 0.538.